The molecule has 0 atom stereocenters. The molecule has 4 nitrogen and oxygen atoms in total. The average molecular weight is 222 g/mol. The van der Waals surface area contributed by atoms with Crippen molar-refractivity contribution < 1.29 is 0 Å². The van der Waals surface area contributed by atoms with Crippen molar-refractivity contribution in [2.24, 2.45) is 0 Å². The van der Waals surface area contributed by atoms with Crippen LogP contribution in [0.1, 0.15) is 18.2 Å². The lowest BCUT2D eigenvalue weighted by Crippen LogP contribution is -2.11. The normalized spacial score (nSPS) is 10.7. The molecule has 0 saturated carbocycles. The van der Waals surface area contributed by atoms with Crippen LogP contribution >= 0.6 is 11.3 Å². The van der Waals surface area contributed by atoms with Gasteiger partial charge in [-0.25, -0.2) is 4.68 Å². The number of hydrogen-bond donors (Lipinski definition) is 1. The number of hydrogen-bond acceptors (Lipinski definition) is 4. The highest BCUT2D eigenvalue weighted by atomic mass is 32.1. The topological polar surface area (TPSA) is 42.7 Å². The van der Waals surface area contributed by atoms with Gasteiger partial charge < -0.3 is 5.32 Å². The van der Waals surface area contributed by atoms with Crippen molar-refractivity contribution in [3.63, 3.8) is 0 Å². The zero-order chi connectivity index (χ0) is 10.5. The Hall–Kier alpha value is -1.20. The number of thiophene rings is 1. The van der Waals surface area contributed by atoms with Gasteiger partial charge in [0.25, 0.3) is 0 Å². The molecule has 1 N–H and O–H groups in total. The molecule has 2 rings (SSSR count). The van der Waals surface area contributed by atoms with Crippen molar-refractivity contribution >= 4 is 11.3 Å². The molecular formula is C10H14N4S. The third kappa shape index (κ3) is 2.87. The summed E-state index contributed by atoms with van der Waals surface area (Å²) >= 11 is 1.71. The van der Waals surface area contributed by atoms with Crippen molar-refractivity contribution in [1.29, 1.82) is 0 Å². The predicted molar refractivity (Wildman–Crippen MR) is 60.8 cm³/mol. The molecule has 2 heterocycles. The van der Waals surface area contributed by atoms with E-state index in [1.165, 1.54) is 5.56 Å². The van der Waals surface area contributed by atoms with Gasteiger partial charge >= 0.3 is 0 Å². The van der Waals surface area contributed by atoms with Crippen molar-refractivity contribution in [2.75, 3.05) is 6.54 Å². The summed E-state index contributed by atoms with van der Waals surface area (Å²) in [5.41, 5.74) is 2.27. The molecular weight excluding hydrogens is 208 g/mol. The van der Waals surface area contributed by atoms with Gasteiger partial charge in [0.15, 0.2) is 0 Å². The summed E-state index contributed by atoms with van der Waals surface area (Å²) < 4.78 is 1.87. The van der Waals surface area contributed by atoms with Crippen molar-refractivity contribution in [3.8, 4) is 0 Å². The van der Waals surface area contributed by atoms with Crippen molar-refractivity contribution in [2.45, 2.75) is 20.0 Å². The maximum absolute atomic E-state index is 4.09. The molecule has 0 fully saturated rings. The zero-order valence-corrected chi connectivity index (χ0v) is 9.50. The van der Waals surface area contributed by atoms with Crippen LogP contribution in [0.15, 0.2) is 23.0 Å². The number of nitrogens with zero attached hydrogens (tertiary/aromatic N) is 3. The quantitative estimate of drug-likeness (QED) is 0.833. The minimum atomic E-state index is 0.792. The van der Waals surface area contributed by atoms with Crippen LogP contribution in [0.2, 0.25) is 0 Å². The minimum Gasteiger partial charge on any atom is -0.311 e. The van der Waals surface area contributed by atoms with Crippen LogP contribution in [0.3, 0.4) is 0 Å². The van der Waals surface area contributed by atoms with Crippen LogP contribution in [0, 0.1) is 0 Å². The van der Waals surface area contributed by atoms with E-state index in [4.69, 9.17) is 0 Å². The average Bonchev–Trinajstić information content (AvgIpc) is 2.87. The smallest absolute Gasteiger partial charge is 0.0964 e. The van der Waals surface area contributed by atoms with Crippen LogP contribution in [0.5, 0.6) is 0 Å². The van der Waals surface area contributed by atoms with E-state index in [1.54, 1.807) is 11.3 Å². The zero-order valence-electron chi connectivity index (χ0n) is 8.68. The predicted octanol–water partition coefficient (Wildman–Crippen LogP) is 1.50. The highest BCUT2D eigenvalue weighted by Crippen LogP contribution is 2.07. The Labute approximate surface area is 92.9 Å². The first-order valence-corrected chi connectivity index (χ1v) is 5.93. The van der Waals surface area contributed by atoms with Gasteiger partial charge in [-0.2, -0.15) is 11.3 Å². The largest absolute Gasteiger partial charge is 0.311 e. The van der Waals surface area contributed by atoms with Crippen LogP contribution in [-0.4, -0.2) is 21.5 Å². The summed E-state index contributed by atoms with van der Waals surface area (Å²) in [4.78, 5) is 0. The molecule has 80 valence electrons. The summed E-state index contributed by atoms with van der Waals surface area (Å²) in [6.07, 6.45) is 1.99. The first-order chi connectivity index (χ1) is 7.38. The second kappa shape index (κ2) is 5.04. The Balaban J connectivity index is 1.95. The molecule has 0 bridgehead atoms. The van der Waals surface area contributed by atoms with Gasteiger partial charge in [0.05, 0.1) is 18.4 Å². The molecule has 0 aliphatic rings. The lowest BCUT2D eigenvalue weighted by atomic mass is 10.3. The third-order valence-electron chi connectivity index (χ3n) is 2.07. The van der Waals surface area contributed by atoms with Crippen LogP contribution in [0.25, 0.3) is 0 Å². The van der Waals surface area contributed by atoms with Gasteiger partial charge in [-0.3, -0.25) is 0 Å². The number of nitrogens with one attached hydrogen (secondary N) is 1. The lowest BCUT2D eigenvalue weighted by molar-refractivity contribution is 0.649. The van der Waals surface area contributed by atoms with E-state index in [0.717, 1.165) is 25.3 Å². The molecule has 0 unspecified atom stereocenters. The Morgan fingerprint density at radius 1 is 1.53 bits per heavy atom. The Bertz CT molecular complexity index is 393. The van der Waals surface area contributed by atoms with Crippen LogP contribution in [-0.2, 0) is 13.1 Å². The summed E-state index contributed by atoms with van der Waals surface area (Å²) in [7, 11) is 0. The first kappa shape index (κ1) is 10.3. The van der Waals surface area contributed by atoms with Gasteiger partial charge in [-0.1, -0.05) is 12.1 Å². The highest BCUT2D eigenvalue weighted by molar-refractivity contribution is 7.07. The second-order valence-corrected chi connectivity index (χ2v) is 4.10. The monoisotopic (exact) mass is 222 g/mol. The molecule has 0 aliphatic carbocycles. The molecule has 2 aromatic rings. The fourth-order valence-electron chi connectivity index (χ4n) is 1.32. The minimum absolute atomic E-state index is 0.792. The van der Waals surface area contributed by atoms with E-state index in [9.17, 15) is 0 Å². The third-order valence-corrected chi connectivity index (χ3v) is 2.80. The van der Waals surface area contributed by atoms with E-state index < -0.39 is 0 Å². The molecule has 15 heavy (non-hydrogen) atoms. The maximum Gasteiger partial charge on any atom is 0.0964 e. The standard InChI is InChI=1S/C10H14N4S/c1-2-11-5-10-7-14(13-12-10)6-9-3-4-15-8-9/h3-4,7-8,11H,2,5-6H2,1H3. The molecule has 0 radical (unpaired) electrons. The molecule has 0 saturated heterocycles. The fourth-order valence-corrected chi connectivity index (χ4v) is 1.98. The molecule has 0 spiro atoms. The van der Waals surface area contributed by atoms with E-state index in [0.29, 0.717) is 0 Å². The van der Waals surface area contributed by atoms with E-state index in [2.05, 4.69) is 39.4 Å². The van der Waals surface area contributed by atoms with Gasteiger partial charge in [-0.05, 0) is 28.9 Å². The first-order valence-electron chi connectivity index (χ1n) is 4.99. The van der Waals surface area contributed by atoms with Crippen LogP contribution in [0.4, 0.5) is 0 Å². The van der Waals surface area contributed by atoms with Crippen molar-refractivity contribution in [1.82, 2.24) is 20.3 Å². The van der Waals surface area contributed by atoms with Gasteiger partial charge in [0.1, 0.15) is 0 Å². The second-order valence-electron chi connectivity index (χ2n) is 3.32. The Kier molecular flexibility index (Phi) is 3.47. The van der Waals surface area contributed by atoms with Gasteiger partial charge in [0.2, 0.25) is 0 Å². The molecule has 0 amide bonds. The molecule has 0 aromatic carbocycles. The number of aromatic nitrogens is 3. The van der Waals surface area contributed by atoms with E-state index >= 15 is 0 Å². The van der Waals surface area contributed by atoms with Crippen molar-refractivity contribution in [3.05, 3.63) is 34.3 Å². The summed E-state index contributed by atoms with van der Waals surface area (Å²) in [6.45, 7) is 4.63. The Morgan fingerprint density at radius 2 is 2.47 bits per heavy atom. The molecule has 5 heteroatoms. The summed E-state index contributed by atoms with van der Waals surface area (Å²) in [6, 6.07) is 2.11. The van der Waals surface area contributed by atoms with Gasteiger partial charge in [-0.15, -0.1) is 5.10 Å². The highest BCUT2D eigenvalue weighted by Gasteiger charge is 2.00. The molecule has 0 aliphatic heterocycles. The fraction of sp³-hybridized carbons (Fsp3) is 0.400. The maximum atomic E-state index is 4.09. The lowest BCUT2D eigenvalue weighted by Gasteiger charge is -1.96. The molecule has 2 aromatic heterocycles. The Morgan fingerprint density at radius 3 is 3.20 bits per heavy atom. The van der Waals surface area contributed by atoms with E-state index in [1.807, 2.05) is 10.9 Å². The SMILES string of the molecule is CCNCc1cn(Cc2ccsc2)nn1. The summed E-state index contributed by atoms with van der Waals surface area (Å²) in [5.74, 6) is 0. The van der Waals surface area contributed by atoms with Crippen LogP contribution < -0.4 is 5.32 Å². The number of rotatable bonds is 5. The summed E-state index contributed by atoms with van der Waals surface area (Å²) in [5, 5.41) is 15.6. The van der Waals surface area contributed by atoms with Gasteiger partial charge in [0, 0.05) is 6.54 Å². The van der Waals surface area contributed by atoms with E-state index in [-0.39, 0.29) is 0 Å².